The summed E-state index contributed by atoms with van der Waals surface area (Å²) in [5.74, 6) is -0.788. The number of carboxylic acids is 1. The third-order valence-electron chi connectivity index (χ3n) is 2.54. The molecule has 1 heterocycles. The summed E-state index contributed by atoms with van der Waals surface area (Å²) in [6, 6.07) is 2.64. The van der Waals surface area contributed by atoms with Gasteiger partial charge in [-0.15, -0.1) is 0 Å². The Balaban J connectivity index is 2.78. The molecule has 1 atom stereocenters. The number of nitrogens with zero attached hydrogens (tertiary/aromatic N) is 1. The monoisotopic (exact) mass is 282 g/mol. The van der Waals surface area contributed by atoms with Crippen LogP contribution in [0.4, 0.5) is 0 Å². The van der Waals surface area contributed by atoms with Gasteiger partial charge in [-0.3, -0.25) is 4.79 Å². The van der Waals surface area contributed by atoms with Crippen LogP contribution in [-0.2, 0) is 4.79 Å². The summed E-state index contributed by atoms with van der Waals surface area (Å²) < 4.78 is 0. The first-order valence-corrected chi connectivity index (χ1v) is 7.31. The van der Waals surface area contributed by atoms with Crippen LogP contribution < -0.4 is 5.32 Å². The molecule has 104 valence electrons. The van der Waals surface area contributed by atoms with Crippen LogP contribution in [0, 0.1) is 13.8 Å². The number of aliphatic carboxylic acids is 1. The van der Waals surface area contributed by atoms with Gasteiger partial charge in [0.2, 0.25) is 0 Å². The third-order valence-corrected chi connectivity index (χ3v) is 3.19. The number of pyridine rings is 1. The molecule has 0 saturated heterocycles. The summed E-state index contributed by atoms with van der Waals surface area (Å²) in [7, 11) is 0. The van der Waals surface area contributed by atoms with Gasteiger partial charge in [0.1, 0.15) is 11.7 Å². The fraction of sp³-hybridized carbons (Fsp3) is 0.462. The Bertz CT molecular complexity index is 457. The smallest absolute Gasteiger partial charge is 0.326 e. The lowest BCUT2D eigenvalue weighted by Gasteiger charge is -2.14. The highest BCUT2D eigenvalue weighted by atomic mass is 32.2. The summed E-state index contributed by atoms with van der Waals surface area (Å²) in [5.41, 5.74) is 1.92. The zero-order valence-electron chi connectivity index (χ0n) is 11.3. The minimum Gasteiger partial charge on any atom is -0.480 e. The number of hydrogen-bond donors (Lipinski definition) is 2. The maximum Gasteiger partial charge on any atom is 0.326 e. The molecule has 1 amide bonds. The summed E-state index contributed by atoms with van der Waals surface area (Å²) >= 11 is 1.54. The van der Waals surface area contributed by atoms with E-state index in [1.165, 1.54) is 0 Å². The van der Waals surface area contributed by atoms with E-state index >= 15 is 0 Å². The van der Waals surface area contributed by atoms with E-state index in [0.29, 0.717) is 12.2 Å². The predicted octanol–water partition coefficient (Wildman–Crippen LogP) is 1.63. The summed E-state index contributed by atoms with van der Waals surface area (Å²) in [4.78, 5) is 27.2. The van der Waals surface area contributed by atoms with Crippen molar-refractivity contribution in [3.8, 4) is 0 Å². The Labute approximate surface area is 116 Å². The molecule has 0 spiro atoms. The molecule has 0 fully saturated rings. The van der Waals surface area contributed by atoms with Crippen molar-refractivity contribution in [2.24, 2.45) is 0 Å². The van der Waals surface area contributed by atoms with Gasteiger partial charge >= 0.3 is 5.97 Å². The van der Waals surface area contributed by atoms with Crippen LogP contribution in [0.3, 0.4) is 0 Å². The van der Waals surface area contributed by atoms with Crippen molar-refractivity contribution in [1.82, 2.24) is 10.3 Å². The minimum atomic E-state index is -1.02. The molecule has 19 heavy (non-hydrogen) atoms. The zero-order valence-corrected chi connectivity index (χ0v) is 12.1. The van der Waals surface area contributed by atoms with Crippen molar-refractivity contribution >= 4 is 23.6 Å². The molecule has 0 aliphatic heterocycles. The number of nitrogens with one attached hydrogen (secondary N) is 1. The van der Waals surface area contributed by atoms with Gasteiger partial charge in [-0.25, -0.2) is 9.78 Å². The first-order chi connectivity index (χ1) is 8.93. The maximum absolute atomic E-state index is 12.0. The number of carbonyl (C=O) groups is 2. The Kier molecular flexibility index (Phi) is 5.82. The Hall–Kier alpha value is -1.56. The van der Waals surface area contributed by atoms with E-state index in [2.05, 4.69) is 10.3 Å². The molecule has 1 rings (SSSR count). The van der Waals surface area contributed by atoms with Gasteiger partial charge in [0, 0.05) is 5.69 Å². The predicted molar refractivity (Wildman–Crippen MR) is 75.6 cm³/mol. The highest BCUT2D eigenvalue weighted by Gasteiger charge is 2.20. The van der Waals surface area contributed by atoms with Crippen molar-refractivity contribution in [3.63, 3.8) is 0 Å². The number of carboxylic acid groups (broad SMARTS) is 1. The van der Waals surface area contributed by atoms with Crippen molar-refractivity contribution < 1.29 is 14.7 Å². The van der Waals surface area contributed by atoms with Gasteiger partial charge in [0.05, 0.1) is 0 Å². The molecular formula is C13H18N2O3S. The van der Waals surface area contributed by atoms with Crippen molar-refractivity contribution in [2.75, 3.05) is 12.0 Å². The normalized spacial score (nSPS) is 11.9. The van der Waals surface area contributed by atoms with Crippen molar-refractivity contribution in [2.45, 2.75) is 26.3 Å². The topological polar surface area (TPSA) is 79.3 Å². The van der Waals surface area contributed by atoms with Crippen LogP contribution >= 0.6 is 11.8 Å². The lowest BCUT2D eigenvalue weighted by Crippen LogP contribution is -2.41. The number of amides is 1. The molecule has 0 aliphatic carbocycles. The Morgan fingerprint density at radius 3 is 2.63 bits per heavy atom. The first kappa shape index (κ1) is 15.5. The van der Waals surface area contributed by atoms with Crippen LogP contribution in [0.25, 0.3) is 0 Å². The van der Waals surface area contributed by atoms with Gasteiger partial charge < -0.3 is 10.4 Å². The van der Waals surface area contributed by atoms with Crippen molar-refractivity contribution in [1.29, 1.82) is 0 Å². The number of aryl methyl sites for hydroxylation is 2. The second-order valence-electron chi connectivity index (χ2n) is 4.32. The molecule has 1 aromatic heterocycles. The number of hydrogen-bond acceptors (Lipinski definition) is 4. The lowest BCUT2D eigenvalue weighted by molar-refractivity contribution is -0.139. The summed E-state index contributed by atoms with van der Waals surface area (Å²) in [6.45, 7) is 3.67. The standard InChI is InChI=1S/C13H18N2O3S/c1-8-6-9(2)14-11(7-8)12(16)15-10(13(17)18)4-5-19-3/h6-7,10H,4-5H2,1-3H3,(H,15,16)(H,17,18)/t10-/m1/s1. The van der Waals surface area contributed by atoms with E-state index < -0.39 is 17.9 Å². The molecular weight excluding hydrogens is 264 g/mol. The molecule has 5 nitrogen and oxygen atoms in total. The van der Waals surface area contributed by atoms with Gasteiger partial charge in [-0.1, -0.05) is 0 Å². The van der Waals surface area contributed by atoms with Gasteiger partial charge in [0.25, 0.3) is 5.91 Å². The fourth-order valence-corrected chi connectivity index (χ4v) is 2.15. The minimum absolute atomic E-state index is 0.257. The second-order valence-corrected chi connectivity index (χ2v) is 5.30. The number of thioether (sulfide) groups is 1. The summed E-state index contributed by atoms with van der Waals surface area (Å²) in [5, 5.41) is 11.6. The lowest BCUT2D eigenvalue weighted by atomic mass is 10.2. The van der Waals surface area contributed by atoms with Crippen LogP contribution in [0.2, 0.25) is 0 Å². The van der Waals surface area contributed by atoms with Crippen LogP contribution in [0.15, 0.2) is 12.1 Å². The average molecular weight is 282 g/mol. The molecule has 1 aromatic rings. The Morgan fingerprint density at radius 2 is 2.11 bits per heavy atom. The van der Waals surface area contributed by atoms with Gasteiger partial charge in [-0.2, -0.15) is 11.8 Å². The van der Waals surface area contributed by atoms with Crippen molar-refractivity contribution in [3.05, 3.63) is 29.1 Å². The fourth-order valence-electron chi connectivity index (χ4n) is 1.68. The van der Waals surface area contributed by atoms with Crippen LogP contribution in [0.1, 0.15) is 28.2 Å². The van der Waals surface area contributed by atoms with Gasteiger partial charge in [0.15, 0.2) is 0 Å². The highest BCUT2D eigenvalue weighted by molar-refractivity contribution is 7.98. The number of rotatable bonds is 6. The van der Waals surface area contributed by atoms with E-state index in [1.807, 2.05) is 19.2 Å². The SMILES string of the molecule is CSCC[C@@H](NC(=O)c1cc(C)cc(C)n1)C(=O)O. The van der Waals surface area contributed by atoms with E-state index in [1.54, 1.807) is 24.8 Å². The van der Waals surface area contributed by atoms with E-state index in [-0.39, 0.29) is 5.69 Å². The maximum atomic E-state index is 12.0. The van der Waals surface area contributed by atoms with Gasteiger partial charge in [-0.05, 0) is 50.0 Å². The van der Waals surface area contributed by atoms with E-state index in [4.69, 9.17) is 5.11 Å². The first-order valence-electron chi connectivity index (χ1n) is 5.92. The molecule has 0 unspecified atom stereocenters. The third kappa shape index (κ3) is 4.90. The second kappa shape index (κ2) is 7.13. The zero-order chi connectivity index (χ0) is 14.4. The Morgan fingerprint density at radius 1 is 1.42 bits per heavy atom. The van der Waals surface area contributed by atoms with E-state index in [0.717, 1.165) is 11.3 Å². The highest BCUT2D eigenvalue weighted by Crippen LogP contribution is 2.06. The van der Waals surface area contributed by atoms with E-state index in [9.17, 15) is 9.59 Å². The average Bonchev–Trinajstić information content (AvgIpc) is 2.32. The molecule has 0 aliphatic rings. The molecule has 6 heteroatoms. The molecule has 0 bridgehead atoms. The number of aromatic nitrogens is 1. The molecule has 0 saturated carbocycles. The largest absolute Gasteiger partial charge is 0.480 e. The summed E-state index contributed by atoms with van der Waals surface area (Å²) in [6.07, 6.45) is 2.29. The number of carbonyl (C=O) groups excluding carboxylic acids is 1. The van der Waals surface area contributed by atoms with Crippen LogP contribution in [0.5, 0.6) is 0 Å². The molecule has 2 N–H and O–H groups in total. The quantitative estimate of drug-likeness (QED) is 0.829. The molecule has 0 aromatic carbocycles. The van der Waals surface area contributed by atoms with Crippen LogP contribution in [-0.4, -0.2) is 40.0 Å². The molecule has 0 radical (unpaired) electrons.